The molecular weight excluding hydrogens is 327 g/mol. The molecular formula is C18H18ClFN4. The number of piperazine rings is 1. The first-order valence-electron chi connectivity index (χ1n) is 7.83. The van der Waals surface area contributed by atoms with Gasteiger partial charge in [-0.3, -0.25) is 9.88 Å². The molecule has 0 N–H and O–H groups in total. The van der Waals surface area contributed by atoms with E-state index in [0.717, 1.165) is 44.0 Å². The van der Waals surface area contributed by atoms with E-state index in [-0.39, 0.29) is 5.82 Å². The molecule has 1 aliphatic rings. The summed E-state index contributed by atoms with van der Waals surface area (Å²) in [7, 11) is 0. The van der Waals surface area contributed by atoms with Crippen molar-refractivity contribution in [3.63, 3.8) is 0 Å². The van der Waals surface area contributed by atoms with Crippen LogP contribution in [0.2, 0.25) is 0 Å². The molecule has 1 aliphatic heterocycles. The molecule has 2 heterocycles. The molecule has 3 rings (SSSR count). The number of benzene rings is 1. The Labute approximate surface area is 146 Å². The van der Waals surface area contributed by atoms with Gasteiger partial charge in [-0.05, 0) is 23.8 Å². The number of alkyl halides is 1. The molecule has 2 aromatic rings. The number of hydrogen-bond acceptors (Lipinski definition) is 3. The van der Waals surface area contributed by atoms with Gasteiger partial charge in [0.05, 0.1) is 18.0 Å². The van der Waals surface area contributed by atoms with Crippen LogP contribution >= 0.6 is 11.6 Å². The van der Waals surface area contributed by atoms with Crippen LogP contribution in [0.1, 0.15) is 11.3 Å². The first kappa shape index (κ1) is 16.7. The number of anilines is 1. The average Bonchev–Trinajstić information content (AvgIpc) is 2.63. The molecule has 1 saturated heterocycles. The maximum Gasteiger partial charge on any atom is 0.190 e. The van der Waals surface area contributed by atoms with Gasteiger partial charge < -0.3 is 4.90 Å². The second-order valence-corrected chi connectivity index (χ2v) is 6.07. The summed E-state index contributed by atoms with van der Waals surface area (Å²) in [5, 5.41) is 0. The van der Waals surface area contributed by atoms with Gasteiger partial charge in [-0.1, -0.05) is 12.1 Å². The van der Waals surface area contributed by atoms with Crippen molar-refractivity contribution >= 4 is 23.0 Å². The topological polar surface area (TPSA) is 23.7 Å². The molecule has 0 bridgehead atoms. The smallest absolute Gasteiger partial charge is 0.190 e. The van der Waals surface area contributed by atoms with Crippen molar-refractivity contribution in [1.29, 1.82) is 0 Å². The Morgan fingerprint density at radius 2 is 1.96 bits per heavy atom. The Morgan fingerprint density at radius 3 is 2.54 bits per heavy atom. The summed E-state index contributed by atoms with van der Waals surface area (Å²) < 4.78 is 14.1. The Hall–Kier alpha value is -2.16. The van der Waals surface area contributed by atoms with E-state index in [9.17, 15) is 4.39 Å². The lowest BCUT2D eigenvalue weighted by Gasteiger charge is -2.36. The predicted molar refractivity (Wildman–Crippen MR) is 93.9 cm³/mol. The van der Waals surface area contributed by atoms with Crippen LogP contribution in [-0.2, 0) is 12.4 Å². The van der Waals surface area contributed by atoms with E-state index in [2.05, 4.69) is 14.7 Å². The molecule has 4 nitrogen and oxygen atoms in total. The molecule has 1 fully saturated rings. The van der Waals surface area contributed by atoms with Gasteiger partial charge in [-0.25, -0.2) is 9.24 Å². The number of hydrogen-bond donors (Lipinski definition) is 0. The fraction of sp³-hybridized carbons (Fsp3) is 0.333. The zero-order valence-electron chi connectivity index (χ0n) is 13.3. The third kappa shape index (κ3) is 3.84. The fourth-order valence-electron chi connectivity index (χ4n) is 2.83. The molecule has 0 amide bonds. The minimum atomic E-state index is -0.324. The van der Waals surface area contributed by atoms with Crippen LogP contribution in [0.4, 0.5) is 15.8 Å². The van der Waals surface area contributed by atoms with Crippen molar-refractivity contribution in [3.05, 3.63) is 65.0 Å². The first-order valence-corrected chi connectivity index (χ1v) is 8.37. The molecule has 6 heteroatoms. The summed E-state index contributed by atoms with van der Waals surface area (Å²) in [6.07, 6.45) is 1.81. The third-order valence-corrected chi connectivity index (χ3v) is 4.51. The highest BCUT2D eigenvalue weighted by atomic mass is 35.5. The second-order valence-electron chi connectivity index (χ2n) is 5.80. The molecule has 0 radical (unpaired) electrons. The zero-order valence-corrected chi connectivity index (χ0v) is 14.0. The van der Waals surface area contributed by atoms with E-state index in [1.807, 2.05) is 23.2 Å². The van der Waals surface area contributed by atoms with E-state index < -0.39 is 0 Å². The normalized spacial score (nSPS) is 15.3. The van der Waals surface area contributed by atoms with Crippen molar-refractivity contribution in [3.8, 4) is 0 Å². The van der Waals surface area contributed by atoms with E-state index in [0.29, 0.717) is 17.3 Å². The fourth-order valence-corrected chi connectivity index (χ4v) is 2.98. The quantitative estimate of drug-likeness (QED) is 0.622. The highest BCUT2D eigenvalue weighted by Gasteiger charge is 2.20. The molecule has 1 aromatic carbocycles. The van der Waals surface area contributed by atoms with Crippen LogP contribution in [0.3, 0.4) is 0 Å². The SMILES string of the molecule is [C-]#[N+]c1ccc(N2CCN(Cc3ccc(CCl)cn3)CC2)c(F)c1. The number of pyridine rings is 1. The van der Waals surface area contributed by atoms with E-state index in [4.69, 9.17) is 18.2 Å². The van der Waals surface area contributed by atoms with Gasteiger partial charge in [0.1, 0.15) is 5.82 Å². The number of nitrogens with zero attached hydrogens (tertiary/aromatic N) is 4. The monoisotopic (exact) mass is 344 g/mol. The van der Waals surface area contributed by atoms with Crippen molar-refractivity contribution in [2.45, 2.75) is 12.4 Å². The zero-order chi connectivity index (χ0) is 16.9. The Morgan fingerprint density at radius 1 is 1.17 bits per heavy atom. The van der Waals surface area contributed by atoms with Crippen LogP contribution in [0.5, 0.6) is 0 Å². The van der Waals surface area contributed by atoms with Gasteiger partial charge >= 0.3 is 0 Å². The van der Waals surface area contributed by atoms with Gasteiger partial charge in [-0.2, -0.15) is 0 Å². The maximum atomic E-state index is 14.1. The molecule has 0 spiro atoms. The number of halogens is 2. The molecule has 124 valence electrons. The number of aromatic nitrogens is 1. The Kier molecular flexibility index (Phi) is 5.29. The summed E-state index contributed by atoms with van der Waals surface area (Å²) >= 11 is 5.77. The van der Waals surface area contributed by atoms with Crippen LogP contribution in [0.25, 0.3) is 4.85 Å². The van der Waals surface area contributed by atoms with Gasteiger partial charge in [0.15, 0.2) is 5.69 Å². The van der Waals surface area contributed by atoms with Gasteiger partial charge in [0.25, 0.3) is 0 Å². The van der Waals surface area contributed by atoms with Gasteiger partial charge in [0, 0.05) is 44.8 Å². The van der Waals surface area contributed by atoms with Crippen LogP contribution in [-0.4, -0.2) is 36.1 Å². The molecule has 0 atom stereocenters. The summed E-state index contributed by atoms with van der Waals surface area (Å²) in [5.74, 6) is 0.152. The lowest BCUT2D eigenvalue weighted by molar-refractivity contribution is 0.246. The Bertz CT molecular complexity index is 734. The minimum absolute atomic E-state index is 0.324. The lowest BCUT2D eigenvalue weighted by Crippen LogP contribution is -2.46. The first-order chi connectivity index (χ1) is 11.7. The van der Waals surface area contributed by atoms with Gasteiger partial charge in [0.2, 0.25) is 0 Å². The minimum Gasteiger partial charge on any atom is -0.367 e. The van der Waals surface area contributed by atoms with Crippen LogP contribution < -0.4 is 4.90 Å². The van der Waals surface area contributed by atoms with Gasteiger partial charge in [-0.15, -0.1) is 11.6 Å². The molecule has 24 heavy (non-hydrogen) atoms. The number of rotatable bonds is 4. The second kappa shape index (κ2) is 7.61. The third-order valence-electron chi connectivity index (χ3n) is 4.20. The summed E-state index contributed by atoms with van der Waals surface area (Å²) in [5.41, 5.74) is 2.95. The van der Waals surface area contributed by atoms with E-state index in [1.165, 1.54) is 6.07 Å². The Balaban J connectivity index is 1.58. The summed E-state index contributed by atoms with van der Waals surface area (Å²) in [6.45, 7) is 10.9. The maximum absolute atomic E-state index is 14.1. The highest BCUT2D eigenvalue weighted by Crippen LogP contribution is 2.25. The molecule has 0 aliphatic carbocycles. The van der Waals surface area contributed by atoms with Crippen molar-refractivity contribution in [2.24, 2.45) is 0 Å². The van der Waals surface area contributed by atoms with E-state index in [1.54, 1.807) is 12.1 Å². The van der Waals surface area contributed by atoms with Crippen LogP contribution in [0.15, 0.2) is 36.5 Å². The van der Waals surface area contributed by atoms with Crippen molar-refractivity contribution < 1.29 is 4.39 Å². The average molecular weight is 345 g/mol. The van der Waals surface area contributed by atoms with E-state index >= 15 is 0 Å². The lowest BCUT2D eigenvalue weighted by atomic mass is 10.2. The largest absolute Gasteiger partial charge is 0.367 e. The predicted octanol–water partition coefficient (Wildman–Crippen LogP) is 3.83. The van der Waals surface area contributed by atoms with Crippen molar-refractivity contribution in [1.82, 2.24) is 9.88 Å². The highest BCUT2D eigenvalue weighted by molar-refractivity contribution is 6.17. The molecule has 0 unspecified atom stereocenters. The summed E-state index contributed by atoms with van der Waals surface area (Å²) in [4.78, 5) is 12.0. The standard InChI is InChI=1S/C18H18ClFN4/c1-21-15-4-5-18(17(20)10-15)24-8-6-23(7-9-24)13-16-3-2-14(11-19)12-22-16/h2-5,10,12H,6-9,11,13H2. The molecule has 0 saturated carbocycles. The van der Waals surface area contributed by atoms with Crippen molar-refractivity contribution in [2.75, 3.05) is 31.1 Å². The van der Waals surface area contributed by atoms with Crippen LogP contribution in [0, 0.1) is 12.4 Å². The molecule has 1 aromatic heterocycles. The summed E-state index contributed by atoms with van der Waals surface area (Å²) in [6, 6.07) is 8.68.